The van der Waals surface area contributed by atoms with Crippen molar-refractivity contribution in [3.63, 3.8) is 0 Å². The van der Waals surface area contributed by atoms with Crippen LogP contribution in [0.4, 0.5) is 0 Å². The van der Waals surface area contributed by atoms with E-state index >= 15 is 0 Å². The van der Waals surface area contributed by atoms with Crippen molar-refractivity contribution in [3.05, 3.63) is 29.8 Å². The summed E-state index contributed by atoms with van der Waals surface area (Å²) < 4.78 is 5.27. The molecule has 0 unspecified atom stereocenters. The molecule has 0 bridgehead atoms. The first kappa shape index (κ1) is 11.9. The molecule has 0 aromatic heterocycles. The maximum Gasteiger partial charge on any atom is 0.240 e. The lowest BCUT2D eigenvalue weighted by molar-refractivity contribution is -0.123. The molecule has 92 valence electrons. The number of methoxy groups -OCH3 is 1. The third-order valence-electron chi connectivity index (χ3n) is 3.19. The lowest BCUT2D eigenvalue weighted by atomic mass is 10.1. The molecule has 1 saturated carbocycles. The van der Waals surface area contributed by atoms with E-state index in [-0.39, 0.29) is 11.9 Å². The first-order valence-corrected chi connectivity index (χ1v) is 5.79. The largest absolute Gasteiger partial charge is 0.496 e. The summed E-state index contributed by atoms with van der Waals surface area (Å²) in [5.74, 6) is 0.707. The molecule has 3 N–H and O–H groups in total. The molecule has 0 saturated heterocycles. The van der Waals surface area contributed by atoms with Crippen molar-refractivity contribution >= 4 is 5.91 Å². The molecule has 1 aliphatic rings. The molecule has 0 spiro atoms. The standard InChI is InChI=1S/C13H18N2O2/c1-9(15-12(16)13(14)7-8-13)10-5-3-4-6-11(10)17-2/h3-6,9H,7-8,14H2,1-2H3,(H,15,16)/t9-/m0/s1. The highest BCUT2D eigenvalue weighted by Crippen LogP contribution is 2.33. The van der Waals surface area contributed by atoms with E-state index in [1.165, 1.54) is 0 Å². The van der Waals surface area contributed by atoms with Gasteiger partial charge in [-0.15, -0.1) is 0 Å². The van der Waals surface area contributed by atoms with Crippen LogP contribution in [0.5, 0.6) is 5.75 Å². The Bertz CT molecular complexity index is 427. The number of carbonyl (C=O) groups is 1. The topological polar surface area (TPSA) is 64.3 Å². The van der Waals surface area contributed by atoms with Crippen LogP contribution < -0.4 is 15.8 Å². The van der Waals surface area contributed by atoms with Crippen LogP contribution in [0.1, 0.15) is 31.4 Å². The number of carbonyl (C=O) groups excluding carboxylic acids is 1. The van der Waals surface area contributed by atoms with Crippen molar-refractivity contribution in [2.45, 2.75) is 31.3 Å². The van der Waals surface area contributed by atoms with Gasteiger partial charge < -0.3 is 15.8 Å². The minimum absolute atomic E-state index is 0.0732. The lowest BCUT2D eigenvalue weighted by Crippen LogP contribution is -2.43. The van der Waals surface area contributed by atoms with Crippen molar-refractivity contribution in [1.29, 1.82) is 0 Å². The molecule has 1 atom stereocenters. The van der Waals surface area contributed by atoms with Crippen molar-refractivity contribution in [2.24, 2.45) is 5.73 Å². The molecule has 0 radical (unpaired) electrons. The normalized spacial score (nSPS) is 18.3. The highest BCUT2D eigenvalue weighted by molar-refractivity contribution is 5.89. The average molecular weight is 234 g/mol. The van der Waals surface area contributed by atoms with E-state index in [4.69, 9.17) is 10.5 Å². The minimum Gasteiger partial charge on any atom is -0.496 e. The Labute approximate surface area is 101 Å². The van der Waals surface area contributed by atoms with E-state index in [0.717, 1.165) is 24.2 Å². The zero-order valence-corrected chi connectivity index (χ0v) is 10.2. The second-order valence-electron chi connectivity index (χ2n) is 4.59. The van der Waals surface area contributed by atoms with E-state index in [9.17, 15) is 4.79 Å². The number of ether oxygens (including phenoxy) is 1. The van der Waals surface area contributed by atoms with Crippen LogP contribution in [0.3, 0.4) is 0 Å². The van der Waals surface area contributed by atoms with Gasteiger partial charge in [-0.3, -0.25) is 4.79 Å². The quantitative estimate of drug-likeness (QED) is 0.826. The number of hydrogen-bond donors (Lipinski definition) is 2. The molecule has 17 heavy (non-hydrogen) atoms. The van der Waals surface area contributed by atoms with Crippen LogP contribution in [-0.4, -0.2) is 18.6 Å². The maximum atomic E-state index is 11.8. The molecule has 1 aromatic rings. The fourth-order valence-corrected chi connectivity index (χ4v) is 1.80. The summed E-state index contributed by atoms with van der Waals surface area (Å²) in [6.07, 6.45) is 1.55. The summed E-state index contributed by atoms with van der Waals surface area (Å²) in [6.45, 7) is 1.93. The second-order valence-corrected chi connectivity index (χ2v) is 4.59. The Morgan fingerprint density at radius 2 is 2.12 bits per heavy atom. The molecule has 0 heterocycles. The zero-order chi connectivity index (χ0) is 12.5. The van der Waals surface area contributed by atoms with Crippen LogP contribution in [0.15, 0.2) is 24.3 Å². The van der Waals surface area contributed by atoms with Gasteiger partial charge in [0.25, 0.3) is 0 Å². The maximum absolute atomic E-state index is 11.8. The smallest absolute Gasteiger partial charge is 0.240 e. The Hall–Kier alpha value is -1.55. The Balaban J connectivity index is 2.09. The van der Waals surface area contributed by atoms with Gasteiger partial charge in [0.2, 0.25) is 5.91 Å². The Morgan fingerprint density at radius 1 is 1.47 bits per heavy atom. The van der Waals surface area contributed by atoms with E-state index in [2.05, 4.69) is 5.32 Å². The van der Waals surface area contributed by atoms with Crippen molar-refractivity contribution in [3.8, 4) is 5.75 Å². The van der Waals surface area contributed by atoms with Gasteiger partial charge in [0, 0.05) is 5.56 Å². The van der Waals surface area contributed by atoms with Crippen LogP contribution in [0.25, 0.3) is 0 Å². The van der Waals surface area contributed by atoms with E-state index in [1.54, 1.807) is 7.11 Å². The van der Waals surface area contributed by atoms with Crippen LogP contribution >= 0.6 is 0 Å². The molecule has 1 fully saturated rings. The molecule has 4 nitrogen and oxygen atoms in total. The summed E-state index contributed by atoms with van der Waals surface area (Å²) in [5, 5.41) is 2.93. The number of para-hydroxylation sites is 1. The Morgan fingerprint density at radius 3 is 2.71 bits per heavy atom. The van der Waals surface area contributed by atoms with Gasteiger partial charge in [-0.25, -0.2) is 0 Å². The molecular formula is C13H18N2O2. The van der Waals surface area contributed by atoms with Crippen molar-refractivity contribution in [1.82, 2.24) is 5.32 Å². The summed E-state index contributed by atoms with van der Waals surface area (Å²) in [4.78, 5) is 11.8. The second kappa shape index (κ2) is 4.37. The SMILES string of the molecule is COc1ccccc1[C@H](C)NC(=O)C1(N)CC1. The highest BCUT2D eigenvalue weighted by atomic mass is 16.5. The summed E-state index contributed by atoms with van der Waals surface area (Å²) in [6, 6.07) is 7.56. The van der Waals surface area contributed by atoms with Crippen molar-refractivity contribution in [2.75, 3.05) is 7.11 Å². The molecule has 1 aliphatic carbocycles. The monoisotopic (exact) mass is 234 g/mol. The van der Waals surface area contributed by atoms with Gasteiger partial charge in [-0.05, 0) is 25.8 Å². The van der Waals surface area contributed by atoms with Gasteiger partial charge in [0.15, 0.2) is 0 Å². The fraction of sp³-hybridized carbons (Fsp3) is 0.462. The first-order valence-electron chi connectivity index (χ1n) is 5.79. The number of amides is 1. The lowest BCUT2D eigenvalue weighted by Gasteiger charge is -2.19. The molecule has 4 heteroatoms. The molecule has 1 amide bonds. The number of nitrogens with two attached hydrogens (primary N) is 1. The molecule has 0 aliphatic heterocycles. The number of nitrogens with one attached hydrogen (secondary N) is 1. The summed E-state index contributed by atoms with van der Waals surface area (Å²) >= 11 is 0. The number of hydrogen-bond acceptors (Lipinski definition) is 3. The predicted molar refractivity (Wildman–Crippen MR) is 65.7 cm³/mol. The fourth-order valence-electron chi connectivity index (χ4n) is 1.80. The average Bonchev–Trinajstić information content (AvgIpc) is 3.08. The molecule has 1 aromatic carbocycles. The molecular weight excluding hydrogens is 216 g/mol. The van der Waals surface area contributed by atoms with Gasteiger partial charge in [-0.1, -0.05) is 18.2 Å². The van der Waals surface area contributed by atoms with Gasteiger partial charge in [0.1, 0.15) is 5.75 Å². The van der Waals surface area contributed by atoms with Crippen LogP contribution in [0.2, 0.25) is 0 Å². The third kappa shape index (κ3) is 2.42. The van der Waals surface area contributed by atoms with E-state index in [0.29, 0.717) is 0 Å². The van der Waals surface area contributed by atoms with E-state index < -0.39 is 5.54 Å². The van der Waals surface area contributed by atoms with Crippen LogP contribution in [0, 0.1) is 0 Å². The van der Waals surface area contributed by atoms with Gasteiger partial charge >= 0.3 is 0 Å². The van der Waals surface area contributed by atoms with Crippen LogP contribution in [-0.2, 0) is 4.79 Å². The zero-order valence-electron chi connectivity index (χ0n) is 10.2. The van der Waals surface area contributed by atoms with E-state index in [1.807, 2.05) is 31.2 Å². The minimum atomic E-state index is -0.629. The highest BCUT2D eigenvalue weighted by Gasteiger charge is 2.46. The summed E-state index contributed by atoms with van der Waals surface area (Å²) in [5.41, 5.74) is 6.18. The summed E-state index contributed by atoms with van der Waals surface area (Å²) in [7, 11) is 1.62. The van der Waals surface area contributed by atoms with Crippen molar-refractivity contribution < 1.29 is 9.53 Å². The number of rotatable bonds is 4. The third-order valence-corrected chi connectivity index (χ3v) is 3.19. The van der Waals surface area contributed by atoms with Gasteiger partial charge in [-0.2, -0.15) is 0 Å². The predicted octanol–water partition coefficient (Wildman–Crippen LogP) is 1.36. The first-order chi connectivity index (χ1) is 8.07. The van der Waals surface area contributed by atoms with Gasteiger partial charge in [0.05, 0.1) is 18.7 Å². The number of benzene rings is 1. The Kier molecular flexibility index (Phi) is 3.07. The molecule has 2 rings (SSSR count).